The molecule has 0 radical (unpaired) electrons. The Labute approximate surface area is 176 Å². The van der Waals surface area contributed by atoms with Gasteiger partial charge in [-0.25, -0.2) is 8.42 Å². The van der Waals surface area contributed by atoms with Crippen molar-refractivity contribution in [3.63, 3.8) is 0 Å². The SMILES string of the molecule is CC(NC(=O)c1sccc1S(=O)(=O)N1CCSCC1)c1cccc(OC(F)F)c1. The average molecular weight is 463 g/mol. The first-order chi connectivity index (χ1) is 13.8. The van der Waals surface area contributed by atoms with Crippen LogP contribution in [0.3, 0.4) is 0 Å². The fourth-order valence-corrected chi connectivity index (χ4v) is 6.78. The second-order valence-electron chi connectivity index (χ2n) is 6.28. The van der Waals surface area contributed by atoms with Gasteiger partial charge >= 0.3 is 6.61 Å². The maximum Gasteiger partial charge on any atom is 0.387 e. The van der Waals surface area contributed by atoms with Crippen LogP contribution < -0.4 is 10.1 Å². The summed E-state index contributed by atoms with van der Waals surface area (Å²) in [5.74, 6) is 0.899. The van der Waals surface area contributed by atoms with Gasteiger partial charge in [0.2, 0.25) is 10.0 Å². The number of amides is 1. The standard InChI is InChI=1S/C18H20F2N2O4S3/c1-12(13-3-2-4-14(11-13)26-18(19)20)21-17(23)16-15(5-8-28-16)29(24,25)22-6-9-27-10-7-22/h2-5,8,11-12,18H,6-7,9-10H2,1H3,(H,21,23). The van der Waals surface area contributed by atoms with Gasteiger partial charge in [-0.05, 0) is 36.1 Å². The first-order valence-corrected chi connectivity index (χ1v) is 12.3. The molecule has 1 saturated heterocycles. The van der Waals surface area contributed by atoms with Gasteiger partial charge in [0.25, 0.3) is 5.91 Å². The zero-order valence-corrected chi connectivity index (χ0v) is 18.0. The Hall–Kier alpha value is -1.69. The second-order valence-corrected chi connectivity index (χ2v) is 10.3. The molecule has 1 aromatic carbocycles. The predicted octanol–water partition coefficient (Wildman–Crippen LogP) is 3.58. The van der Waals surface area contributed by atoms with Gasteiger partial charge in [-0.15, -0.1) is 11.3 Å². The van der Waals surface area contributed by atoms with Crippen LogP contribution in [0, 0.1) is 0 Å². The van der Waals surface area contributed by atoms with Crippen molar-refractivity contribution in [2.24, 2.45) is 0 Å². The zero-order chi connectivity index (χ0) is 21.0. The number of carbonyl (C=O) groups is 1. The molecule has 2 heterocycles. The van der Waals surface area contributed by atoms with Gasteiger partial charge in [0.1, 0.15) is 15.5 Å². The number of hydrogen-bond acceptors (Lipinski definition) is 6. The molecule has 1 aliphatic heterocycles. The summed E-state index contributed by atoms with van der Waals surface area (Å²) >= 11 is 2.74. The third-order valence-corrected chi connectivity index (χ3v) is 8.28. The first-order valence-electron chi connectivity index (χ1n) is 8.80. The molecule has 1 N–H and O–H groups in total. The minimum Gasteiger partial charge on any atom is -0.435 e. The summed E-state index contributed by atoms with van der Waals surface area (Å²) in [6.07, 6.45) is 0. The number of hydrogen-bond donors (Lipinski definition) is 1. The fourth-order valence-electron chi connectivity index (χ4n) is 2.90. The number of alkyl halides is 2. The maximum atomic E-state index is 12.9. The summed E-state index contributed by atoms with van der Waals surface area (Å²) in [6, 6.07) is 6.93. The van der Waals surface area contributed by atoms with E-state index in [1.54, 1.807) is 36.2 Å². The average Bonchev–Trinajstić information content (AvgIpc) is 3.19. The van der Waals surface area contributed by atoms with Crippen molar-refractivity contribution in [1.82, 2.24) is 9.62 Å². The van der Waals surface area contributed by atoms with Crippen molar-refractivity contribution in [3.8, 4) is 5.75 Å². The molecule has 0 aliphatic carbocycles. The van der Waals surface area contributed by atoms with Crippen LogP contribution in [0.4, 0.5) is 8.78 Å². The van der Waals surface area contributed by atoms with Gasteiger partial charge in [0.05, 0.1) is 6.04 Å². The van der Waals surface area contributed by atoms with Crippen LogP contribution in [0.2, 0.25) is 0 Å². The van der Waals surface area contributed by atoms with E-state index in [0.29, 0.717) is 18.7 Å². The lowest BCUT2D eigenvalue weighted by Gasteiger charge is -2.25. The van der Waals surface area contributed by atoms with Crippen LogP contribution in [-0.2, 0) is 10.0 Å². The van der Waals surface area contributed by atoms with Crippen LogP contribution in [0.1, 0.15) is 28.2 Å². The number of benzene rings is 1. The van der Waals surface area contributed by atoms with Gasteiger partial charge in [-0.1, -0.05) is 12.1 Å². The molecule has 1 amide bonds. The summed E-state index contributed by atoms with van der Waals surface area (Å²) in [7, 11) is -3.75. The van der Waals surface area contributed by atoms with Gasteiger partial charge in [0.15, 0.2) is 0 Å². The van der Waals surface area contributed by atoms with Crippen LogP contribution in [0.15, 0.2) is 40.6 Å². The number of carbonyl (C=O) groups excluding carboxylic acids is 1. The summed E-state index contributed by atoms with van der Waals surface area (Å²) < 4.78 is 56.5. The van der Waals surface area contributed by atoms with E-state index in [1.807, 2.05) is 0 Å². The summed E-state index contributed by atoms with van der Waals surface area (Å²) in [5, 5.41) is 4.31. The molecule has 11 heteroatoms. The van der Waals surface area contributed by atoms with E-state index in [0.717, 1.165) is 22.8 Å². The number of nitrogens with zero attached hydrogens (tertiary/aromatic N) is 1. The van der Waals surface area contributed by atoms with E-state index < -0.39 is 28.6 Å². The number of sulfonamides is 1. The molecule has 6 nitrogen and oxygen atoms in total. The zero-order valence-electron chi connectivity index (χ0n) is 15.5. The Kier molecular flexibility index (Phi) is 7.14. The molecule has 158 valence electrons. The molecule has 0 spiro atoms. The highest BCUT2D eigenvalue weighted by Gasteiger charge is 2.31. The van der Waals surface area contributed by atoms with Crippen molar-refractivity contribution in [3.05, 3.63) is 46.2 Å². The van der Waals surface area contributed by atoms with Crippen molar-refractivity contribution in [2.45, 2.75) is 24.5 Å². The van der Waals surface area contributed by atoms with E-state index in [2.05, 4.69) is 10.1 Å². The maximum absolute atomic E-state index is 12.9. The summed E-state index contributed by atoms with van der Waals surface area (Å²) in [6.45, 7) is -0.431. The van der Waals surface area contributed by atoms with Gasteiger partial charge in [-0.2, -0.15) is 24.8 Å². The van der Waals surface area contributed by atoms with E-state index in [-0.39, 0.29) is 15.5 Å². The molecule has 3 rings (SSSR count). The normalized spacial score (nSPS) is 16.6. The molecule has 0 saturated carbocycles. The van der Waals surface area contributed by atoms with E-state index in [9.17, 15) is 22.0 Å². The first kappa shape index (κ1) is 22.0. The molecule has 1 unspecified atom stereocenters. The largest absolute Gasteiger partial charge is 0.435 e. The van der Waals surface area contributed by atoms with E-state index in [1.165, 1.54) is 22.5 Å². The number of halogens is 2. The van der Waals surface area contributed by atoms with Crippen molar-refractivity contribution in [2.75, 3.05) is 24.6 Å². The van der Waals surface area contributed by atoms with E-state index in [4.69, 9.17) is 0 Å². The predicted molar refractivity (Wildman–Crippen MR) is 109 cm³/mol. The van der Waals surface area contributed by atoms with Crippen LogP contribution >= 0.6 is 23.1 Å². The molecule has 1 atom stereocenters. The number of ether oxygens (including phenoxy) is 1. The summed E-state index contributed by atoms with van der Waals surface area (Å²) in [4.78, 5) is 12.9. The van der Waals surface area contributed by atoms with Gasteiger partial charge in [-0.3, -0.25) is 4.79 Å². The lowest BCUT2D eigenvalue weighted by atomic mass is 10.1. The molecule has 1 aromatic heterocycles. The van der Waals surface area contributed by atoms with E-state index >= 15 is 0 Å². The minimum absolute atomic E-state index is 0.00566. The quantitative estimate of drug-likeness (QED) is 0.681. The van der Waals surface area contributed by atoms with Crippen LogP contribution in [-0.4, -0.2) is 49.8 Å². The highest BCUT2D eigenvalue weighted by molar-refractivity contribution is 7.99. The molecule has 2 aromatic rings. The second kappa shape index (κ2) is 9.41. The Morgan fingerprint density at radius 3 is 2.66 bits per heavy atom. The molecule has 29 heavy (non-hydrogen) atoms. The van der Waals surface area contributed by atoms with Crippen molar-refractivity contribution in [1.29, 1.82) is 0 Å². The Morgan fingerprint density at radius 2 is 1.97 bits per heavy atom. The number of thioether (sulfide) groups is 1. The topological polar surface area (TPSA) is 75.7 Å². The van der Waals surface area contributed by atoms with Crippen molar-refractivity contribution >= 4 is 39.0 Å². The molecule has 0 bridgehead atoms. The van der Waals surface area contributed by atoms with Gasteiger partial charge in [0, 0.05) is 24.6 Å². The Balaban J connectivity index is 1.76. The third-order valence-electron chi connectivity index (χ3n) is 4.35. The van der Waals surface area contributed by atoms with Crippen LogP contribution in [0.5, 0.6) is 5.75 Å². The van der Waals surface area contributed by atoms with Crippen LogP contribution in [0.25, 0.3) is 0 Å². The Bertz CT molecular complexity index is 960. The molecular weight excluding hydrogens is 442 g/mol. The third kappa shape index (κ3) is 5.27. The number of rotatable bonds is 7. The molecular formula is C18H20F2N2O4S3. The smallest absolute Gasteiger partial charge is 0.387 e. The highest BCUT2D eigenvalue weighted by atomic mass is 32.2. The van der Waals surface area contributed by atoms with Crippen molar-refractivity contribution < 1.29 is 26.7 Å². The Morgan fingerprint density at radius 1 is 1.24 bits per heavy atom. The number of thiophene rings is 1. The lowest BCUT2D eigenvalue weighted by molar-refractivity contribution is -0.0499. The lowest BCUT2D eigenvalue weighted by Crippen LogP contribution is -2.38. The minimum atomic E-state index is -3.75. The molecule has 1 fully saturated rings. The highest BCUT2D eigenvalue weighted by Crippen LogP contribution is 2.28. The monoisotopic (exact) mass is 462 g/mol. The van der Waals surface area contributed by atoms with Gasteiger partial charge < -0.3 is 10.1 Å². The molecule has 1 aliphatic rings. The fraction of sp³-hybridized carbons (Fsp3) is 0.389. The summed E-state index contributed by atoms with van der Waals surface area (Å²) in [5.41, 5.74) is 0.561. The number of nitrogens with one attached hydrogen (secondary N) is 1.